The fraction of sp³-hybridized carbons (Fsp3) is 0.500. The maximum Gasteiger partial charge on any atom is 0.224 e. The molecule has 0 aliphatic carbocycles. The van der Waals surface area contributed by atoms with Gasteiger partial charge in [0, 0.05) is 38.2 Å². The average Bonchev–Trinajstić information content (AvgIpc) is 2.47. The number of amides is 1. The van der Waals surface area contributed by atoms with E-state index in [1.54, 1.807) is 4.90 Å². The molecule has 2 rings (SSSR count). The summed E-state index contributed by atoms with van der Waals surface area (Å²) < 4.78 is 18.2. The molecule has 1 aromatic rings. The van der Waals surface area contributed by atoms with Crippen LogP contribution in [0.15, 0.2) is 18.2 Å². The van der Waals surface area contributed by atoms with E-state index in [4.69, 9.17) is 4.74 Å². The predicted octanol–water partition coefficient (Wildman–Crippen LogP) is 0.870. The normalized spacial score (nSPS) is 15.3. The number of carbonyl (C=O) groups is 1. The first-order chi connectivity index (χ1) is 9.66. The summed E-state index contributed by atoms with van der Waals surface area (Å²) >= 11 is 0. The van der Waals surface area contributed by atoms with Crippen molar-refractivity contribution in [3.05, 3.63) is 29.6 Å². The highest BCUT2D eigenvalue weighted by Gasteiger charge is 2.15. The van der Waals surface area contributed by atoms with Crippen LogP contribution in [0.2, 0.25) is 0 Å². The molecular formula is C14H19FN2O3. The van der Waals surface area contributed by atoms with Crippen molar-refractivity contribution in [3.63, 3.8) is 0 Å². The van der Waals surface area contributed by atoms with Crippen LogP contribution in [0.1, 0.15) is 12.0 Å². The number of aromatic hydroxyl groups is 1. The third kappa shape index (κ3) is 4.18. The van der Waals surface area contributed by atoms with E-state index in [2.05, 4.69) is 5.32 Å². The number of ether oxygens (including phenoxy) is 1. The molecule has 1 aromatic carbocycles. The molecule has 1 saturated heterocycles. The van der Waals surface area contributed by atoms with Crippen molar-refractivity contribution in [2.24, 2.45) is 0 Å². The maximum atomic E-state index is 13.0. The zero-order valence-electron chi connectivity index (χ0n) is 11.3. The minimum absolute atomic E-state index is 0.0541. The van der Waals surface area contributed by atoms with Gasteiger partial charge in [0.05, 0.1) is 13.2 Å². The summed E-state index contributed by atoms with van der Waals surface area (Å²) in [5, 5.41) is 12.6. The van der Waals surface area contributed by atoms with Crippen molar-refractivity contribution in [2.75, 3.05) is 32.8 Å². The van der Waals surface area contributed by atoms with Gasteiger partial charge in [0.1, 0.15) is 11.6 Å². The Hall–Kier alpha value is -1.66. The summed E-state index contributed by atoms with van der Waals surface area (Å²) in [6.07, 6.45) is 0.385. The lowest BCUT2D eigenvalue weighted by atomic mass is 10.2. The molecule has 6 heteroatoms. The summed E-state index contributed by atoms with van der Waals surface area (Å²) in [6.45, 7) is 3.30. The van der Waals surface area contributed by atoms with Crippen LogP contribution in [0.4, 0.5) is 4.39 Å². The second-order valence-corrected chi connectivity index (χ2v) is 4.69. The molecule has 0 bridgehead atoms. The van der Waals surface area contributed by atoms with Gasteiger partial charge in [-0.25, -0.2) is 4.39 Å². The smallest absolute Gasteiger partial charge is 0.224 e. The molecule has 1 aliphatic rings. The highest BCUT2D eigenvalue weighted by Crippen LogP contribution is 2.17. The van der Waals surface area contributed by atoms with E-state index in [1.165, 1.54) is 18.2 Å². The lowest BCUT2D eigenvalue weighted by Crippen LogP contribution is -2.41. The minimum atomic E-state index is -0.385. The average molecular weight is 282 g/mol. The summed E-state index contributed by atoms with van der Waals surface area (Å²) in [7, 11) is 0. The van der Waals surface area contributed by atoms with Crippen LogP contribution in [0.3, 0.4) is 0 Å². The van der Waals surface area contributed by atoms with E-state index in [1.807, 2.05) is 0 Å². The van der Waals surface area contributed by atoms with E-state index in [9.17, 15) is 14.3 Å². The minimum Gasteiger partial charge on any atom is -0.508 e. The van der Waals surface area contributed by atoms with Crippen molar-refractivity contribution in [1.82, 2.24) is 10.2 Å². The molecule has 0 atom stereocenters. The molecule has 110 valence electrons. The SMILES string of the molecule is O=C(CCNCc1cc(F)ccc1O)N1CCOCC1. The predicted molar refractivity (Wildman–Crippen MR) is 71.8 cm³/mol. The molecule has 0 aromatic heterocycles. The molecule has 0 saturated carbocycles. The molecule has 0 radical (unpaired) electrons. The van der Waals surface area contributed by atoms with Crippen molar-refractivity contribution in [1.29, 1.82) is 0 Å². The Labute approximate surface area is 117 Å². The van der Waals surface area contributed by atoms with E-state index in [0.717, 1.165) is 0 Å². The number of rotatable bonds is 5. The monoisotopic (exact) mass is 282 g/mol. The lowest BCUT2D eigenvalue weighted by Gasteiger charge is -2.26. The van der Waals surface area contributed by atoms with Gasteiger partial charge >= 0.3 is 0 Å². The van der Waals surface area contributed by atoms with E-state index in [-0.39, 0.29) is 17.5 Å². The van der Waals surface area contributed by atoms with Crippen LogP contribution in [0.25, 0.3) is 0 Å². The molecule has 1 amide bonds. The molecule has 0 spiro atoms. The molecule has 1 heterocycles. The summed E-state index contributed by atoms with van der Waals surface area (Å²) in [5.74, 6) is -0.244. The Kier molecular flexibility index (Phi) is 5.31. The Morgan fingerprint density at radius 3 is 2.90 bits per heavy atom. The number of halogens is 1. The number of nitrogens with zero attached hydrogens (tertiary/aromatic N) is 1. The highest BCUT2D eigenvalue weighted by molar-refractivity contribution is 5.76. The maximum absolute atomic E-state index is 13.0. The molecule has 1 fully saturated rings. The molecule has 2 N–H and O–H groups in total. The third-order valence-corrected chi connectivity index (χ3v) is 3.24. The second kappa shape index (κ2) is 7.21. The number of hydrogen-bond donors (Lipinski definition) is 2. The number of nitrogens with one attached hydrogen (secondary N) is 1. The number of morpholine rings is 1. The fourth-order valence-electron chi connectivity index (χ4n) is 2.08. The van der Waals surface area contributed by atoms with Gasteiger partial charge in [0.25, 0.3) is 0 Å². The number of benzene rings is 1. The molecule has 20 heavy (non-hydrogen) atoms. The first-order valence-electron chi connectivity index (χ1n) is 6.70. The Bertz CT molecular complexity index is 462. The third-order valence-electron chi connectivity index (χ3n) is 3.24. The molecule has 5 nitrogen and oxygen atoms in total. The topological polar surface area (TPSA) is 61.8 Å². The van der Waals surface area contributed by atoms with Crippen LogP contribution in [-0.2, 0) is 16.1 Å². The van der Waals surface area contributed by atoms with Gasteiger partial charge in [-0.05, 0) is 18.2 Å². The lowest BCUT2D eigenvalue weighted by molar-refractivity contribution is -0.135. The van der Waals surface area contributed by atoms with Crippen molar-refractivity contribution < 1.29 is 19.0 Å². The Morgan fingerprint density at radius 1 is 1.40 bits per heavy atom. The number of hydrogen-bond acceptors (Lipinski definition) is 4. The van der Waals surface area contributed by atoms with E-state index in [0.29, 0.717) is 51.4 Å². The van der Waals surface area contributed by atoms with Crippen LogP contribution >= 0.6 is 0 Å². The Morgan fingerprint density at radius 2 is 2.15 bits per heavy atom. The van der Waals surface area contributed by atoms with E-state index >= 15 is 0 Å². The van der Waals surface area contributed by atoms with Gasteiger partial charge in [-0.1, -0.05) is 0 Å². The van der Waals surface area contributed by atoms with Gasteiger partial charge in [-0.2, -0.15) is 0 Å². The quantitative estimate of drug-likeness (QED) is 0.787. The van der Waals surface area contributed by atoms with Crippen molar-refractivity contribution in [2.45, 2.75) is 13.0 Å². The molecular weight excluding hydrogens is 263 g/mol. The van der Waals surface area contributed by atoms with Gasteiger partial charge in [0.2, 0.25) is 5.91 Å². The second-order valence-electron chi connectivity index (χ2n) is 4.69. The molecule has 1 aliphatic heterocycles. The van der Waals surface area contributed by atoms with Crippen LogP contribution in [0, 0.1) is 5.82 Å². The number of carbonyl (C=O) groups excluding carboxylic acids is 1. The summed E-state index contributed by atoms with van der Waals surface area (Å²) in [4.78, 5) is 13.6. The van der Waals surface area contributed by atoms with Gasteiger partial charge in [0.15, 0.2) is 0 Å². The summed E-state index contributed by atoms with van der Waals surface area (Å²) in [6, 6.07) is 3.82. The van der Waals surface area contributed by atoms with Crippen molar-refractivity contribution >= 4 is 5.91 Å². The number of phenols is 1. The van der Waals surface area contributed by atoms with Crippen LogP contribution < -0.4 is 5.32 Å². The molecule has 0 unspecified atom stereocenters. The summed E-state index contributed by atoms with van der Waals surface area (Å²) in [5.41, 5.74) is 0.490. The van der Waals surface area contributed by atoms with Crippen LogP contribution in [0.5, 0.6) is 5.75 Å². The standard InChI is InChI=1S/C14H19FN2O3/c15-12-1-2-13(18)11(9-12)10-16-4-3-14(19)17-5-7-20-8-6-17/h1-2,9,16,18H,3-8,10H2. The van der Waals surface area contributed by atoms with Crippen molar-refractivity contribution in [3.8, 4) is 5.75 Å². The van der Waals surface area contributed by atoms with Gasteiger partial charge in [-0.15, -0.1) is 0 Å². The van der Waals surface area contributed by atoms with Crippen LogP contribution in [-0.4, -0.2) is 48.8 Å². The fourth-order valence-corrected chi connectivity index (χ4v) is 2.08. The van der Waals surface area contributed by atoms with E-state index < -0.39 is 0 Å². The number of phenolic OH excluding ortho intramolecular Hbond substituents is 1. The van der Waals surface area contributed by atoms with Gasteiger partial charge < -0.3 is 20.1 Å². The largest absolute Gasteiger partial charge is 0.508 e. The first-order valence-corrected chi connectivity index (χ1v) is 6.70. The zero-order valence-corrected chi connectivity index (χ0v) is 11.3. The Balaban J connectivity index is 1.70. The zero-order chi connectivity index (χ0) is 14.4. The van der Waals surface area contributed by atoms with Gasteiger partial charge in [-0.3, -0.25) is 4.79 Å². The highest BCUT2D eigenvalue weighted by atomic mass is 19.1. The first kappa shape index (κ1) is 14.7.